The third-order valence-corrected chi connectivity index (χ3v) is 6.90. The molecule has 1 aliphatic rings. The molecule has 3 aromatic rings. The molecule has 0 aliphatic carbocycles. The Bertz CT molecular complexity index is 1020. The normalized spacial score (nSPS) is 15.2. The second-order valence-electron chi connectivity index (χ2n) is 8.92. The Hall–Kier alpha value is -2.54. The molecule has 4 rings (SSSR count). The van der Waals surface area contributed by atoms with Gasteiger partial charge in [0.1, 0.15) is 5.01 Å². The number of benzene rings is 2. The second kappa shape index (κ2) is 10.4. The summed E-state index contributed by atoms with van der Waals surface area (Å²) in [6.07, 6.45) is 0.282. The van der Waals surface area contributed by atoms with E-state index in [2.05, 4.69) is 72.4 Å². The quantitative estimate of drug-likeness (QED) is 0.561. The van der Waals surface area contributed by atoms with Crippen molar-refractivity contribution in [3.8, 4) is 10.6 Å². The van der Waals surface area contributed by atoms with E-state index in [1.807, 2.05) is 17.5 Å². The van der Waals surface area contributed by atoms with Gasteiger partial charge in [0.25, 0.3) is 0 Å². The number of nitrogens with zero attached hydrogens (tertiary/aromatic N) is 3. The maximum atomic E-state index is 12.4. The number of likely N-dealkylation sites (N-methyl/N-ethyl adjacent to an activating group) is 1. The van der Waals surface area contributed by atoms with Gasteiger partial charge in [-0.05, 0) is 36.2 Å². The van der Waals surface area contributed by atoms with Crippen molar-refractivity contribution >= 4 is 22.9 Å². The highest BCUT2D eigenvalue weighted by Crippen LogP contribution is 2.25. The highest BCUT2D eigenvalue weighted by Gasteiger charge is 2.14. The van der Waals surface area contributed by atoms with Crippen LogP contribution in [0.5, 0.6) is 0 Å². The van der Waals surface area contributed by atoms with Gasteiger partial charge in [0.05, 0.1) is 12.1 Å². The third-order valence-electron chi connectivity index (χ3n) is 5.96. The number of carbonyl (C=O) groups excluding carboxylic acids is 1. The molecule has 2 heterocycles. The van der Waals surface area contributed by atoms with E-state index in [9.17, 15) is 4.79 Å². The molecule has 1 aliphatic heterocycles. The highest BCUT2D eigenvalue weighted by molar-refractivity contribution is 7.13. The summed E-state index contributed by atoms with van der Waals surface area (Å²) in [5.41, 5.74) is 5.33. The minimum absolute atomic E-state index is 0.0401. The summed E-state index contributed by atoms with van der Waals surface area (Å²) < 4.78 is 0. The zero-order valence-corrected chi connectivity index (χ0v) is 20.0. The monoisotopic (exact) mass is 448 g/mol. The molecule has 2 aromatic carbocycles. The summed E-state index contributed by atoms with van der Waals surface area (Å²) in [5.74, 6) is 0.440. The SMILES string of the molecule is CC(C)c1ccc(NC(=O)Cc2csc(-c3ccc(CN4CCN(C)CC4)cc3)n2)cc1. The van der Waals surface area contributed by atoms with Crippen LogP contribution in [0.2, 0.25) is 0 Å². The minimum Gasteiger partial charge on any atom is -0.326 e. The molecule has 5 nitrogen and oxygen atoms in total. The number of carbonyl (C=O) groups is 1. The standard InChI is InChI=1S/C26H32N4OS/c1-19(2)21-8-10-23(11-9-21)27-25(31)16-24-18-32-26(28-24)22-6-4-20(5-7-22)17-30-14-12-29(3)13-15-30/h4-11,18-19H,12-17H2,1-3H3,(H,27,31). The Morgan fingerprint density at radius 1 is 1.03 bits per heavy atom. The molecule has 6 heteroatoms. The van der Waals surface area contributed by atoms with Crippen molar-refractivity contribution in [1.29, 1.82) is 0 Å². The van der Waals surface area contributed by atoms with Crippen LogP contribution in [0, 0.1) is 0 Å². The average molecular weight is 449 g/mol. The van der Waals surface area contributed by atoms with Crippen molar-refractivity contribution in [2.75, 3.05) is 38.5 Å². The summed E-state index contributed by atoms with van der Waals surface area (Å²) in [5, 5.41) is 5.91. The van der Waals surface area contributed by atoms with Gasteiger partial charge < -0.3 is 10.2 Å². The number of anilines is 1. The first kappa shape index (κ1) is 22.6. The van der Waals surface area contributed by atoms with E-state index in [4.69, 9.17) is 4.98 Å². The molecule has 0 unspecified atom stereocenters. The first-order valence-corrected chi connectivity index (χ1v) is 12.2. The first-order valence-electron chi connectivity index (χ1n) is 11.3. The van der Waals surface area contributed by atoms with Gasteiger partial charge in [0, 0.05) is 49.4 Å². The van der Waals surface area contributed by atoms with Crippen molar-refractivity contribution in [2.45, 2.75) is 32.7 Å². The molecule has 1 amide bonds. The molecule has 1 saturated heterocycles. The largest absolute Gasteiger partial charge is 0.326 e. The van der Waals surface area contributed by atoms with Crippen LogP contribution in [-0.2, 0) is 17.8 Å². The van der Waals surface area contributed by atoms with Crippen molar-refractivity contribution in [2.24, 2.45) is 0 Å². The lowest BCUT2D eigenvalue weighted by Gasteiger charge is -2.32. The van der Waals surface area contributed by atoms with E-state index in [1.54, 1.807) is 11.3 Å². The number of hydrogen-bond donors (Lipinski definition) is 1. The number of hydrogen-bond acceptors (Lipinski definition) is 5. The van der Waals surface area contributed by atoms with E-state index in [-0.39, 0.29) is 12.3 Å². The average Bonchev–Trinajstić information content (AvgIpc) is 3.24. The molecule has 1 N–H and O–H groups in total. The highest BCUT2D eigenvalue weighted by atomic mass is 32.1. The third kappa shape index (κ3) is 6.03. The van der Waals surface area contributed by atoms with Crippen molar-refractivity contribution in [1.82, 2.24) is 14.8 Å². The predicted octanol–water partition coefficient (Wildman–Crippen LogP) is 4.86. The van der Waals surface area contributed by atoms with E-state index in [0.29, 0.717) is 5.92 Å². The minimum atomic E-state index is -0.0401. The van der Waals surface area contributed by atoms with Crippen LogP contribution in [0.25, 0.3) is 10.6 Å². The number of piperazine rings is 1. The van der Waals surface area contributed by atoms with Gasteiger partial charge >= 0.3 is 0 Å². The summed E-state index contributed by atoms with van der Waals surface area (Å²) in [4.78, 5) is 22.0. The Balaban J connectivity index is 1.31. The van der Waals surface area contributed by atoms with Crippen LogP contribution >= 0.6 is 11.3 Å². The maximum Gasteiger partial charge on any atom is 0.230 e. The van der Waals surface area contributed by atoms with Crippen LogP contribution < -0.4 is 5.32 Å². The van der Waals surface area contributed by atoms with Crippen molar-refractivity contribution in [3.05, 3.63) is 70.7 Å². The molecule has 1 fully saturated rings. The molecule has 0 saturated carbocycles. The summed E-state index contributed by atoms with van der Waals surface area (Å²) in [6, 6.07) is 16.7. The first-order chi connectivity index (χ1) is 15.5. The van der Waals surface area contributed by atoms with Crippen LogP contribution in [0.3, 0.4) is 0 Å². The van der Waals surface area contributed by atoms with Crippen molar-refractivity contribution < 1.29 is 4.79 Å². The van der Waals surface area contributed by atoms with Crippen LogP contribution in [-0.4, -0.2) is 53.9 Å². The van der Waals surface area contributed by atoms with Gasteiger partial charge in [-0.1, -0.05) is 50.2 Å². The van der Waals surface area contributed by atoms with Crippen molar-refractivity contribution in [3.63, 3.8) is 0 Å². The van der Waals surface area contributed by atoms with E-state index < -0.39 is 0 Å². The second-order valence-corrected chi connectivity index (χ2v) is 9.78. The molecular formula is C26H32N4OS. The van der Waals surface area contributed by atoms with E-state index >= 15 is 0 Å². The van der Waals surface area contributed by atoms with E-state index in [0.717, 1.165) is 54.7 Å². The molecule has 0 bridgehead atoms. The topological polar surface area (TPSA) is 48.5 Å². The van der Waals surface area contributed by atoms with E-state index in [1.165, 1.54) is 11.1 Å². The van der Waals surface area contributed by atoms with Gasteiger partial charge in [-0.15, -0.1) is 11.3 Å². The van der Waals surface area contributed by atoms with Gasteiger partial charge in [-0.2, -0.15) is 0 Å². The summed E-state index contributed by atoms with van der Waals surface area (Å²) >= 11 is 1.59. The number of thiazole rings is 1. The van der Waals surface area contributed by atoms with Crippen LogP contribution in [0.15, 0.2) is 53.9 Å². The number of rotatable bonds is 7. The van der Waals surface area contributed by atoms with Crippen LogP contribution in [0.1, 0.15) is 36.6 Å². The van der Waals surface area contributed by atoms with Gasteiger partial charge in [0.15, 0.2) is 0 Å². The lowest BCUT2D eigenvalue weighted by molar-refractivity contribution is -0.115. The van der Waals surface area contributed by atoms with Gasteiger partial charge in [-0.25, -0.2) is 4.98 Å². The molecule has 168 valence electrons. The fourth-order valence-electron chi connectivity index (χ4n) is 3.86. The lowest BCUT2D eigenvalue weighted by Crippen LogP contribution is -2.43. The smallest absolute Gasteiger partial charge is 0.230 e. The fraction of sp³-hybridized carbons (Fsp3) is 0.385. The zero-order valence-electron chi connectivity index (χ0n) is 19.2. The Morgan fingerprint density at radius 2 is 1.72 bits per heavy atom. The molecular weight excluding hydrogens is 416 g/mol. The van der Waals surface area contributed by atoms with Gasteiger partial charge in [-0.3, -0.25) is 9.69 Å². The molecule has 0 atom stereocenters. The Morgan fingerprint density at radius 3 is 2.38 bits per heavy atom. The number of nitrogens with one attached hydrogen (secondary N) is 1. The fourth-order valence-corrected chi connectivity index (χ4v) is 4.68. The molecule has 0 spiro atoms. The molecule has 32 heavy (non-hydrogen) atoms. The summed E-state index contributed by atoms with van der Waals surface area (Å²) in [6.45, 7) is 9.84. The Labute approximate surface area is 195 Å². The number of amides is 1. The zero-order chi connectivity index (χ0) is 22.5. The molecule has 0 radical (unpaired) electrons. The van der Waals surface area contributed by atoms with Gasteiger partial charge in [0.2, 0.25) is 5.91 Å². The number of aromatic nitrogens is 1. The van der Waals surface area contributed by atoms with Crippen LogP contribution in [0.4, 0.5) is 5.69 Å². The summed E-state index contributed by atoms with van der Waals surface area (Å²) in [7, 11) is 2.18. The maximum absolute atomic E-state index is 12.4. The molecule has 1 aromatic heterocycles. The lowest BCUT2D eigenvalue weighted by atomic mass is 10.0. The predicted molar refractivity (Wildman–Crippen MR) is 133 cm³/mol. The Kier molecular flexibility index (Phi) is 7.35.